The number of rotatable bonds is 6. The lowest BCUT2D eigenvalue weighted by molar-refractivity contribution is -0.384. The van der Waals surface area contributed by atoms with Crippen molar-refractivity contribution in [1.82, 2.24) is 9.88 Å². The van der Waals surface area contributed by atoms with Crippen molar-refractivity contribution in [3.8, 4) is 5.75 Å². The standard InChI is InChI=1S/C19H17N3O5/c1-20-18(23)12-27-17-10-14-9-15(22(25)26)7-8-16(14)21(19(17)24)11-13-5-3-2-4-6-13/h2-10H,11-12H2,1H3,(H,20,23). The molecule has 1 heterocycles. The van der Waals surface area contributed by atoms with Gasteiger partial charge in [-0.1, -0.05) is 30.3 Å². The van der Waals surface area contributed by atoms with Crippen LogP contribution in [0.5, 0.6) is 5.75 Å². The van der Waals surface area contributed by atoms with Crippen LogP contribution >= 0.6 is 0 Å². The molecule has 27 heavy (non-hydrogen) atoms. The van der Waals surface area contributed by atoms with Crippen molar-refractivity contribution >= 4 is 22.5 Å². The van der Waals surface area contributed by atoms with Crippen LogP contribution in [0.2, 0.25) is 0 Å². The molecule has 0 atom stereocenters. The fraction of sp³-hybridized carbons (Fsp3) is 0.158. The van der Waals surface area contributed by atoms with Gasteiger partial charge in [0.1, 0.15) is 0 Å². The number of carbonyl (C=O) groups excluding carboxylic acids is 1. The predicted octanol–water partition coefficient (Wildman–Crippen LogP) is 2.08. The summed E-state index contributed by atoms with van der Waals surface area (Å²) in [4.78, 5) is 34.9. The number of carbonyl (C=O) groups is 1. The summed E-state index contributed by atoms with van der Waals surface area (Å²) >= 11 is 0. The summed E-state index contributed by atoms with van der Waals surface area (Å²) in [5, 5.41) is 14.0. The Balaban J connectivity index is 2.14. The molecule has 0 spiro atoms. The zero-order valence-electron chi connectivity index (χ0n) is 14.5. The number of non-ortho nitro benzene ring substituents is 1. The van der Waals surface area contributed by atoms with Crippen molar-refractivity contribution in [3.63, 3.8) is 0 Å². The highest BCUT2D eigenvalue weighted by Gasteiger charge is 2.15. The maximum Gasteiger partial charge on any atom is 0.293 e. The molecule has 0 radical (unpaired) electrons. The second kappa shape index (κ2) is 7.69. The number of benzene rings is 2. The van der Waals surface area contributed by atoms with Crippen molar-refractivity contribution in [2.75, 3.05) is 13.7 Å². The third-order valence-corrected chi connectivity index (χ3v) is 4.08. The van der Waals surface area contributed by atoms with E-state index in [1.807, 2.05) is 30.3 Å². The average Bonchev–Trinajstić information content (AvgIpc) is 2.68. The van der Waals surface area contributed by atoms with Gasteiger partial charge in [-0.25, -0.2) is 0 Å². The molecule has 0 bridgehead atoms. The van der Waals surface area contributed by atoms with Crippen molar-refractivity contribution in [3.05, 3.63) is 80.6 Å². The number of aromatic nitrogens is 1. The minimum atomic E-state index is -0.503. The number of nitro groups is 1. The lowest BCUT2D eigenvalue weighted by Crippen LogP contribution is -2.28. The SMILES string of the molecule is CNC(=O)COc1cc2cc([N+](=O)[O-])ccc2n(Cc2ccccc2)c1=O. The van der Waals surface area contributed by atoms with Crippen LogP contribution in [0, 0.1) is 10.1 Å². The van der Waals surface area contributed by atoms with E-state index >= 15 is 0 Å². The smallest absolute Gasteiger partial charge is 0.293 e. The van der Waals surface area contributed by atoms with E-state index in [1.165, 1.54) is 29.8 Å². The number of nitro benzene ring substituents is 1. The molecule has 0 saturated heterocycles. The largest absolute Gasteiger partial charge is 0.478 e. The van der Waals surface area contributed by atoms with E-state index in [0.29, 0.717) is 10.9 Å². The van der Waals surface area contributed by atoms with Gasteiger partial charge in [-0.2, -0.15) is 0 Å². The maximum absolute atomic E-state index is 12.9. The minimum Gasteiger partial charge on any atom is -0.478 e. The van der Waals surface area contributed by atoms with Crippen LogP contribution < -0.4 is 15.6 Å². The molecule has 138 valence electrons. The van der Waals surface area contributed by atoms with Crippen LogP contribution in [0.15, 0.2) is 59.4 Å². The highest BCUT2D eigenvalue weighted by atomic mass is 16.6. The molecule has 1 aromatic heterocycles. The number of pyridine rings is 1. The van der Waals surface area contributed by atoms with Crippen LogP contribution in [-0.2, 0) is 11.3 Å². The fourth-order valence-corrected chi connectivity index (χ4v) is 2.70. The van der Waals surface area contributed by atoms with E-state index in [2.05, 4.69) is 5.32 Å². The van der Waals surface area contributed by atoms with Crippen molar-refractivity contribution in [2.24, 2.45) is 0 Å². The summed E-state index contributed by atoms with van der Waals surface area (Å²) in [5.74, 6) is -0.425. The molecule has 8 heteroatoms. The van der Waals surface area contributed by atoms with E-state index in [-0.39, 0.29) is 30.5 Å². The minimum absolute atomic E-state index is 0.0393. The topological polar surface area (TPSA) is 103 Å². The molecule has 0 unspecified atom stereocenters. The normalized spacial score (nSPS) is 10.6. The maximum atomic E-state index is 12.9. The van der Waals surface area contributed by atoms with Crippen molar-refractivity contribution < 1.29 is 14.5 Å². The number of hydrogen-bond donors (Lipinski definition) is 1. The first kappa shape index (κ1) is 18.1. The Morgan fingerprint density at radius 2 is 1.93 bits per heavy atom. The van der Waals surface area contributed by atoms with E-state index in [1.54, 1.807) is 6.07 Å². The van der Waals surface area contributed by atoms with Crippen molar-refractivity contribution in [1.29, 1.82) is 0 Å². The third kappa shape index (κ3) is 3.95. The molecule has 3 aromatic rings. The summed E-state index contributed by atoms with van der Waals surface area (Å²) in [7, 11) is 1.46. The van der Waals surface area contributed by atoms with Gasteiger partial charge in [-0.15, -0.1) is 0 Å². The number of hydrogen-bond acceptors (Lipinski definition) is 5. The molecule has 1 amide bonds. The number of ether oxygens (including phenoxy) is 1. The van der Waals surface area contributed by atoms with Gasteiger partial charge in [0.2, 0.25) is 0 Å². The lowest BCUT2D eigenvalue weighted by Gasteiger charge is -2.13. The van der Waals surface area contributed by atoms with E-state index in [4.69, 9.17) is 4.74 Å². The van der Waals surface area contributed by atoms with Gasteiger partial charge in [-0.05, 0) is 17.7 Å². The Morgan fingerprint density at radius 3 is 2.59 bits per heavy atom. The molecule has 0 saturated carbocycles. The first-order valence-electron chi connectivity index (χ1n) is 8.19. The van der Waals surface area contributed by atoms with Gasteiger partial charge in [-0.3, -0.25) is 19.7 Å². The fourth-order valence-electron chi connectivity index (χ4n) is 2.70. The number of amides is 1. The second-order valence-electron chi connectivity index (χ2n) is 5.85. The summed E-state index contributed by atoms with van der Waals surface area (Å²) in [6.07, 6.45) is 0. The number of likely N-dealkylation sites (N-methyl/N-ethyl adjacent to an activating group) is 1. The van der Waals surface area contributed by atoms with E-state index in [0.717, 1.165) is 5.56 Å². The van der Waals surface area contributed by atoms with Crippen LogP contribution in [-0.4, -0.2) is 29.1 Å². The highest BCUT2D eigenvalue weighted by Crippen LogP contribution is 2.23. The molecule has 1 N–H and O–H groups in total. The summed E-state index contributed by atoms with van der Waals surface area (Å²) in [5.41, 5.74) is 0.929. The molecular formula is C19H17N3O5. The second-order valence-corrected chi connectivity index (χ2v) is 5.85. The average molecular weight is 367 g/mol. The van der Waals surface area contributed by atoms with Crippen LogP contribution in [0.4, 0.5) is 5.69 Å². The zero-order valence-corrected chi connectivity index (χ0v) is 14.5. The Morgan fingerprint density at radius 1 is 1.19 bits per heavy atom. The number of fused-ring (bicyclic) bond motifs is 1. The van der Waals surface area contributed by atoms with Gasteiger partial charge < -0.3 is 14.6 Å². The van der Waals surface area contributed by atoms with Crippen LogP contribution in [0.25, 0.3) is 10.9 Å². The van der Waals surface area contributed by atoms with Gasteiger partial charge in [0.05, 0.1) is 17.0 Å². The molecule has 0 fully saturated rings. The molecule has 3 rings (SSSR count). The third-order valence-electron chi connectivity index (χ3n) is 4.08. The molecule has 0 aliphatic carbocycles. The summed E-state index contributed by atoms with van der Waals surface area (Å²) in [6.45, 7) is -0.0529. The van der Waals surface area contributed by atoms with Crippen molar-refractivity contribution in [2.45, 2.75) is 6.54 Å². The van der Waals surface area contributed by atoms with Gasteiger partial charge in [0, 0.05) is 24.6 Å². The molecule has 2 aromatic carbocycles. The molecule has 0 aliphatic rings. The Labute approximate surface area is 154 Å². The number of nitrogens with one attached hydrogen (secondary N) is 1. The number of nitrogens with zero attached hydrogens (tertiary/aromatic N) is 2. The Hall–Kier alpha value is -3.68. The van der Waals surface area contributed by atoms with Crippen LogP contribution in [0.1, 0.15) is 5.56 Å². The van der Waals surface area contributed by atoms with Gasteiger partial charge in [0.15, 0.2) is 12.4 Å². The summed E-state index contributed by atoms with van der Waals surface area (Å²) < 4.78 is 6.84. The van der Waals surface area contributed by atoms with Gasteiger partial charge in [0.25, 0.3) is 17.2 Å². The Bertz CT molecular complexity index is 1060. The molecule has 0 aliphatic heterocycles. The van der Waals surface area contributed by atoms with E-state index in [9.17, 15) is 19.7 Å². The first-order chi connectivity index (χ1) is 13.0. The quantitative estimate of drug-likeness (QED) is 0.531. The monoisotopic (exact) mass is 367 g/mol. The summed E-state index contributed by atoms with van der Waals surface area (Å²) in [6, 6.07) is 15.0. The van der Waals surface area contributed by atoms with E-state index < -0.39 is 10.5 Å². The highest BCUT2D eigenvalue weighted by molar-refractivity contribution is 5.83. The molecule has 8 nitrogen and oxygen atoms in total. The Kier molecular flexibility index (Phi) is 5.16. The first-order valence-corrected chi connectivity index (χ1v) is 8.19. The predicted molar refractivity (Wildman–Crippen MR) is 100.0 cm³/mol. The lowest BCUT2D eigenvalue weighted by atomic mass is 10.1. The van der Waals surface area contributed by atoms with Gasteiger partial charge >= 0.3 is 0 Å². The zero-order chi connectivity index (χ0) is 19.4. The van der Waals surface area contributed by atoms with Crippen LogP contribution in [0.3, 0.4) is 0 Å². The molecular weight excluding hydrogens is 350 g/mol.